The van der Waals surface area contributed by atoms with Crippen LogP contribution in [-0.4, -0.2) is 43.0 Å². The van der Waals surface area contributed by atoms with E-state index in [9.17, 15) is 33.6 Å². The van der Waals surface area contributed by atoms with Crippen LogP contribution >= 0.6 is 0 Å². The number of halogens is 2. The minimum atomic E-state index is -1.29. The van der Waals surface area contributed by atoms with Gasteiger partial charge < -0.3 is 21.5 Å². The second kappa shape index (κ2) is 9.06. The number of hydrogen-bond donors (Lipinski definition) is 3. The van der Waals surface area contributed by atoms with Crippen LogP contribution in [0.25, 0.3) is 5.52 Å². The number of carboxylic acid groups (broad SMARTS) is 1. The van der Waals surface area contributed by atoms with Crippen LogP contribution in [0.5, 0.6) is 0 Å². The van der Waals surface area contributed by atoms with Gasteiger partial charge in [-0.3, -0.25) is 14.9 Å². The number of carboxylic acids is 1. The molecule has 5 N–H and O–H groups in total. The smallest absolute Gasteiger partial charge is 0.335 e. The molecule has 1 amide bonds. The number of aromatic nitrogens is 3. The van der Waals surface area contributed by atoms with Crippen LogP contribution in [0.3, 0.4) is 0 Å². The molecule has 4 aromatic rings. The number of carbonyl (C=O) groups excluding carboxylic acids is 1. The first-order valence-corrected chi connectivity index (χ1v) is 11.2. The molecule has 3 heterocycles. The number of anilines is 2. The summed E-state index contributed by atoms with van der Waals surface area (Å²) in [5, 5.41) is 25.1. The summed E-state index contributed by atoms with van der Waals surface area (Å²) in [6.45, 7) is 0.0424. The molecule has 0 unspecified atom stereocenters. The number of non-ortho nitro benzene ring substituents is 1. The van der Waals surface area contributed by atoms with Gasteiger partial charge in [-0.05, 0) is 36.2 Å². The standard InChI is InChI=1S/C24H19F2N7O5/c25-12-1-4-17(26)16(6-12)18-5-11(15-7-13(33(37)38)2-3-14(15)24(35)36)9-31(18)20-8-19-21(23(28)34)22(27)30-32(19)10-29-20/h1-4,6-8,10-11,18H,5,9H2,(H2,27,30)(H2,28,34)(H,35,36)/t11-,18+/m1/s1. The second-order valence-corrected chi connectivity index (χ2v) is 8.80. The maximum absolute atomic E-state index is 15.0. The van der Waals surface area contributed by atoms with Gasteiger partial charge in [-0.15, -0.1) is 5.10 Å². The van der Waals surface area contributed by atoms with Crippen molar-refractivity contribution in [2.75, 3.05) is 17.2 Å². The first-order valence-electron chi connectivity index (χ1n) is 11.2. The topological polar surface area (TPSA) is 183 Å². The summed E-state index contributed by atoms with van der Waals surface area (Å²) >= 11 is 0. The van der Waals surface area contributed by atoms with E-state index in [0.29, 0.717) is 0 Å². The number of aromatic carboxylic acids is 1. The van der Waals surface area contributed by atoms with Crippen LogP contribution in [0.4, 0.5) is 26.1 Å². The Balaban J connectivity index is 1.67. The van der Waals surface area contributed by atoms with E-state index in [1.54, 1.807) is 4.90 Å². The highest BCUT2D eigenvalue weighted by molar-refractivity contribution is 6.04. The van der Waals surface area contributed by atoms with Crippen molar-refractivity contribution in [3.8, 4) is 0 Å². The van der Waals surface area contributed by atoms with Gasteiger partial charge in [0, 0.05) is 36.2 Å². The molecule has 2 aromatic carbocycles. The molecule has 1 aliphatic heterocycles. The quantitative estimate of drug-likeness (QED) is 0.252. The summed E-state index contributed by atoms with van der Waals surface area (Å²) in [6.07, 6.45) is 1.36. The highest BCUT2D eigenvalue weighted by atomic mass is 19.1. The average molecular weight is 523 g/mol. The summed E-state index contributed by atoms with van der Waals surface area (Å²) in [6, 6.07) is 7.01. The molecule has 2 atom stereocenters. The van der Waals surface area contributed by atoms with Crippen molar-refractivity contribution in [2.45, 2.75) is 18.4 Å². The largest absolute Gasteiger partial charge is 0.478 e. The normalized spacial score (nSPS) is 17.2. The summed E-state index contributed by atoms with van der Waals surface area (Å²) in [5.41, 5.74) is 11.1. The van der Waals surface area contributed by atoms with Gasteiger partial charge in [0.1, 0.15) is 29.3 Å². The van der Waals surface area contributed by atoms with E-state index < -0.39 is 40.4 Å². The number of benzene rings is 2. The highest BCUT2D eigenvalue weighted by Crippen LogP contribution is 2.45. The molecular formula is C24H19F2N7O5. The Morgan fingerprint density at radius 2 is 1.89 bits per heavy atom. The lowest BCUT2D eigenvalue weighted by atomic mass is 9.90. The predicted octanol–water partition coefficient (Wildman–Crippen LogP) is 3.03. The molecule has 0 bridgehead atoms. The maximum atomic E-state index is 15.0. The molecule has 14 heteroatoms. The van der Waals surface area contributed by atoms with Crippen molar-refractivity contribution >= 4 is 34.7 Å². The van der Waals surface area contributed by atoms with Crippen molar-refractivity contribution < 1.29 is 28.4 Å². The fourth-order valence-corrected chi connectivity index (χ4v) is 4.95. The minimum absolute atomic E-state index is 0.0142. The van der Waals surface area contributed by atoms with Crippen molar-refractivity contribution in [3.05, 3.63) is 92.8 Å². The van der Waals surface area contributed by atoms with Crippen molar-refractivity contribution in [1.29, 1.82) is 0 Å². The van der Waals surface area contributed by atoms with Gasteiger partial charge in [0.15, 0.2) is 5.82 Å². The number of fused-ring (bicyclic) bond motifs is 1. The van der Waals surface area contributed by atoms with Crippen LogP contribution < -0.4 is 16.4 Å². The molecule has 38 heavy (non-hydrogen) atoms. The Morgan fingerprint density at radius 1 is 1.13 bits per heavy atom. The Hall–Kier alpha value is -5.14. The zero-order valence-electron chi connectivity index (χ0n) is 19.4. The van der Waals surface area contributed by atoms with E-state index >= 15 is 0 Å². The molecule has 194 valence electrons. The number of rotatable bonds is 6. The Bertz CT molecular complexity index is 1640. The summed E-state index contributed by atoms with van der Waals surface area (Å²) < 4.78 is 30.4. The number of carbonyl (C=O) groups is 2. The number of nitrogens with zero attached hydrogens (tertiary/aromatic N) is 5. The van der Waals surface area contributed by atoms with Gasteiger partial charge in [-0.25, -0.2) is 23.1 Å². The zero-order valence-corrected chi connectivity index (χ0v) is 19.4. The van der Waals surface area contributed by atoms with E-state index in [0.717, 1.165) is 30.3 Å². The predicted molar refractivity (Wildman–Crippen MR) is 130 cm³/mol. The third kappa shape index (κ3) is 4.11. The van der Waals surface area contributed by atoms with E-state index in [2.05, 4.69) is 10.1 Å². The molecule has 0 aliphatic carbocycles. The fraction of sp³-hybridized carbons (Fsp3) is 0.167. The third-order valence-electron chi connectivity index (χ3n) is 6.61. The number of nitrogen functional groups attached to an aromatic ring is 1. The Labute approximate surface area is 212 Å². The lowest BCUT2D eigenvalue weighted by Gasteiger charge is -2.26. The number of nitrogens with two attached hydrogens (primary N) is 2. The average Bonchev–Trinajstić information content (AvgIpc) is 3.45. The number of amides is 1. The molecule has 2 aromatic heterocycles. The van der Waals surface area contributed by atoms with Crippen LogP contribution in [0.1, 0.15) is 50.2 Å². The van der Waals surface area contributed by atoms with Gasteiger partial charge in [-0.2, -0.15) is 0 Å². The highest BCUT2D eigenvalue weighted by Gasteiger charge is 2.39. The van der Waals surface area contributed by atoms with Crippen molar-refractivity contribution in [1.82, 2.24) is 14.6 Å². The number of nitro benzene ring substituents is 1. The lowest BCUT2D eigenvalue weighted by molar-refractivity contribution is -0.384. The second-order valence-electron chi connectivity index (χ2n) is 8.80. The number of nitro groups is 1. The molecule has 0 radical (unpaired) electrons. The SMILES string of the molecule is NC(=O)c1c(N)nn2cnc(N3C[C@H](c4cc([N+](=O)[O-])ccc4C(=O)O)C[C@H]3c3cc(F)ccc3F)cc12. The summed E-state index contributed by atoms with van der Waals surface area (Å²) in [4.78, 5) is 40.6. The van der Waals surface area contributed by atoms with Crippen LogP contribution in [0.15, 0.2) is 48.8 Å². The monoisotopic (exact) mass is 523 g/mol. The van der Waals surface area contributed by atoms with Crippen LogP contribution in [-0.2, 0) is 0 Å². The van der Waals surface area contributed by atoms with E-state index in [-0.39, 0.29) is 58.1 Å². The van der Waals surface area contributed by atoms with Gasteiger partial charge in [0.25, 0.3) is 11.6 Å². The van der Waals surface area contributed by atoms with Gasteiger partial charge in [0.2, 0.25) is 0 Å². The van der Waals surface area contributed by atoms with Gasteiger partial charge >= 0.3 is 5.97 Å². The van der Waals surface area contributed by atoms with E-state index in [1.807, 2.05) is 0 Å². The van der Waals surface area contributed by atoms with Crippen LogP contribution in [0, 0.1) is 21.7 Å². The molecule has 0 saturated carbocycles. The Morgan fingerprint density at radius 3 is 2.58 bits per heavy atom. The first kappa shape index (κ1) is 24.5. The third-order valence-corrected chi connectivity index (χ3v) is 6.61. The molecule has 1 aliphatic rings. The summed E-state index contributed by atoms with van der Waals surface area (Å²) in [7, 11) is 0. The molecule has 12 nitrogen and oxygen atoms in total. The van der Waals surface area contributed by atoms with Crippen molar-refractivity contribution in [2.24, 2.45) is 5.73 Å². The van der Waals surface area contributed by atoms with Crippen LogP contribution in [0.2, 0.25) is 0 Å². The number of primary amides is 1. The number of hydrogen-bond acceptors (Lipinski definition) is 8. The first-order chi connectivity index (χ1) is 18.0. The minimum Gasteiger partial charge on any atom is -0.478 e. The maximum Gasteiger partial charge on any atom is 0.335 e. The van der Waals surface area contributed by atoms with Gasteiger partial charge in [0.05, 0.1) is 22.0 Å². The van der Waals surface area contributed by atoms with E-state index in [4.69, 9.17) is 11.5 Å². The molecular weight excluding hydrogens is 504 g/mol. The lowest BCUT2D eigenvalue weighted by Crippen LogP contribution is -2.25. The van der Waals surface area contributed by atoms with Crippen molar-refractivity contribution in [3.63, 3.8) is 0 Å². The summed E-state index contributed by atoms with van der Waals surface area (Å²) in [5.74, 6) is -4.05. The zero-order chi connectivity index (χ0) is 27.3. The molecule has 0 spiro atoms. The molecule has 1 saturated heterocycles. The fourth-order valence-electron chi connectivity index (χ4n) is 4.95. The Kier molecular flexibility index (Phi) is 5.86. The van der Waals surface area contributed by atoms with E-state index in [1.165, 1.54) is 23.0 Å². The molecule has 5 rings (SSSR count). The van der Waals surface area contributed by atoms with Gasteiger partial charge in [-0.1, -0.05) is 0 Å². The molecule has 1 fully saturated rings.